The van der Waals surface area contributed by atoms with Gasteiger partial charge in [-0.1, -0.05) is 13.3 Å². The van der Waals surface area contributed by atoms with Crippen molar-refractivity contribution in [2.45, 2.75) is 19.8 Å². The third-order valence-electron chi connectivity index (χ3n) is 2.33. The Kier molecular flexibility index (Phi) is 6.69. The molecular weight excluding hydrogens is 370 g/mol. The number of rotatable bonds is 6. The van der Waals surface area contributed by atoms with E-state index in [0.717, 1.165) is 20.4 Å². The van der Waals surface area contributed by atoms with Gasteiger partial charge in [0.15, 0.2) is 0 Å². The van der Waals surface area contributed by atoms with Gasteiger partial charge in [-0.2, -0.15) is 0 Å². The molecule has 1 heterocycles. The maximum atomic E-state index is 12.2. The van der Waals surface area contributed by atoms with Gasteiger partial charge in [0.2, 0.25) is 0 Å². The predicted octanol–water partition coefficient (Wildman–Crippen LogP) is 3.51. The van der Waals surface area contributed by atoms with Crippen LogP contribution in [0.5, 0.6) is 0 Å². The fourth-order valence-corrected chi connectivity index (χ4v) is 4.22. The zero-order chi connectivity index (χ0) is 12.8. The Bertz CT molecular complexity index is 382. The van der Waals surface area contributed by atoms with Gasteiger partial charge in [-0.15, -0.1) is 11.3 Å². The number of amides is 1. The van der Waals surface area contributed by atoms with Gasteiger partial charge in [0.1, 0.15) is 0 Å². The van der Waals surface area contributed by atoms with E-state index < -0.39 is 0 Å². The quantitative estimate of drug-likeness (QED) is 0.815. The Hall–Kier alpha value is 0.0900. The zero-order valence-corrected chi connectivity index (χ0v) is 13.6. The molecule has 1 aromatic heterocycles. The molecule has 0 aliphatic heterocycles. The Morgan fingerprint density at radius 3 is 2.65 bits per heavy atom. The summed E-state index contributed by atoms with van der Waals surface area (Å²) in [7, 11) is 0. The molecule has 17 heavy (non-hydrogen) atoms. The molecule has 0 saturated carbocycles. The van der Waals surface area contributed by atoms with Crippen molar-refractivity contribution >= 4 is 49.1 Å². The van der Waals surface area contributed by atoms with Crippen LogP contribution in [0.3, 0.4) is 0 Å². The molecule has 0 fully saturated rings. The van der Waals surface area contributed by atoms with Crippen LogP contribution in [0.15, 0.2) is 13.6 Å². The number of carbonyl (C=O) groups excluding carboxylic acids is 1. The van der Waals surface area contributed by atoms with Gasteiger partial charge in [0, 0.05) is 13.1 Å². The van der Waals surface area contributed by atoms with E-state index in [2.05, 4.69) is 38.8 Å². The fraction of sp³-hybridized carbons (Fsp3) is 0.545. The van der Waals surface area contributed by atoms with Crippen LogP contribution in [0.4, 0.5) is 0 Å². The summed E-state index contributed by atoms with van der Waals surface area (Å²) in [6, 6.07) is 1.81. The molecule has 1 aromatic rings. The summed E-state index contributed by atoms with van der Waals surface area (Å²) in [5.41, 5.74) is 0.659. The van der Waals surface area contributed by atoms with Crippen molar-refractivity contribution < 1.29 is 9.90 Å². The maximum absolute atomic E-state index is 12.2. The number of nitrogens with zero attached hydrogens (tertiary/aromatic N) is 1. The summed E-state index contributed by atoms with van der Waals surface area (Å²) in [5.74, 6) is -0.0266. The van der Waals surface area contributed by atoms with E-state index in [1.807, 2.05) is 6.07 Å². The summed E-state index contributed by atoms with van der Waals surface area (Å²) >= 11 is 8.22. The van der Waals surface area contributed by atoms with E-state index in [4.69, 9.17) is 5.11 Å². The number of aliphatic hydroxyl groups excluding tert-OH is 1. The monoisotopic (exact) mass is 383 g/mol. The first-order valence-corrected chi connectivity index (χ1v) is 7.85. The molecule has 0 unspecified atom stereocenters. The van der Waals surface area contributed by atoms with E-state index in [0.29, 0.717) is 18.7 Å². The lowest BCUT2D eigenvalue weighted by Crippen LogP contribution is -2.34. The lowest BCUT2D eigenvalue weighted by molar-refractivity contribution is 0.0719. The topological polar surface area (TPSA) is 40.5 Å². The lowest BCUT2D eigenvalue weighted by atomic mass is 10.2. The number of carbonyl (C=O) groups is 1. The van der Waals surface area contributed by atoms with Gasteiger partial charge < -0.3 is 10.0 Å². The molecule has 96 valence electrons. The first-order valence-electron chi connectivity index (χ1n) is 5.45. The van der Waals surface area contributed by atoms with E-state index in [1.165, 1.54) is 11.3 Å². The zero-order valence-electron chi connectivity index (χ0n) is 9.58. The highest BCUT2D eigenvalue weighted by Gasteiger charge is 2.19. The van der Waals surface area contributed by atoms with Gasteiger partial charge >= 0.3 is 0 Å². The normalized spacial score (nSPS) is 10.6. The SMILES string of the molecule is CCCCN(CCO)C(=O)c1cc(Br)sc1Br. The van der Waals surface area contributed by atoms with Crippen LogP contribution >= 0.6 is 43.2 Å². The van der Waals surface area contributed by atoms with Gasteiger partial charge in [-0.3, -0.25) is 4.79 Å². The van der Waals surface area contributed by atoms with Crippen LogP contribution in [0.25, 0.3) is 0 Å². The Labute approximate surface area is 122 Å². The molecule has 1 rings (SSSR count). The largest absolute Gasteiger partial charge is 0.395 e. The van der Waals surface area contributed by atoms with Crippen molar-refractivity contribution in [2.75, 3.05) is 19.7 Å². The van der Waals surface area contributed by atoms with Crippen LogP contribution in [-0.2, 0) is 0 Å². The molecular formula is C11H15Br2NO2S. The third-order valence-corrected chi connectivity index (χ3v) is 4.67. The molecule has 0 aliphatic rings. The molecule has 6 heteroatoms. The number of unbranched alkanes of at least 4 members (excludes halogenated alkanes) is 1. The summed E-state index contributed by atoms with van der Waals surface area (Å²) in [5, 5.41) is 8.99. The molecule has 0 atom stereocenters. The van der Waals surface area contributed by atoms with Gasteiger partial charge in [-0.05, 0) is 44.3 Å². The van der Waals surface area contributed by atoms with E-state index >= 15 is 0 Å². The minimum Gasteiger partial charge on any atom is -0.395 e. The molecule has 0 saturated heterocycles. The molecule has 0 spiro atoms. The molecule has 0 aromatic carbocycles. The molecule has 3 nitrogen and oxygen atoms in total. The van der Waals surface area contributed by atoms with Crippen molar-refractivity contribution in [2.24, 2.45) is 0 Å². The minimum absolute atomic E-state index is 0.00161. The highest BCUT2D eigenvalue weighted by Crippen LogP contribution is 2.32. The van der Waals surface area contributed by atoms with Crippen LogP contribution in [0.2, 0.25) is 0 Å². The van der Waals surface area contributed by atoms with Crippen molar-refractivity contribution in [1.29, 1.82) is 0 Å². The third kappa shape index (κ3) is 4.35. The molecule has 0 bridgehead atoms. The van der Waals surface area contributed by atoms with E-state index in [9.17, 15) is 4.79 Å². The van der Waals surface area contributed by atoms with Gasteiger partial charge in [0.25, 0.3) is 5.91 Å². The van der Waals surface area contributed by atoms with Gasteiger partial charge in [0.05, 0.1) is 19.7 Å². The van der Waals surface area contributed by atoms with Crippen molar-refractivity contribution in [3.05, 3.63) is 19.2 Å². The first kappa shape index (κ1) is 15.1. The molecule has 0 radical (unpaired) electrons. The summed E-state index contributed by atoms with van der Waals surface area (Å²) in [4.78, 5) is 13.9. The number of thiophene rings is 1. The maximum Gasteiger partial charge on any atom is 0.255 e. The smallest absolute Gasteiger partial charge is 0.255 e. The summed E-state index contributed by atoms with van der Waals surface area (Å²) in [6.45, 7) is 3.16. The highest BCUT2D eigenvalue weighted by molar-refractivity contribution is 9.12. The second-order valence-corrected chi connectivity index (χ2v) is 7.36. The van der Waals surface area contributed by atoms with Crippen molar-refractivity contribution in [1.82, 2.24) is 4.90 Å². The standard InChI is InChI=1S/C11H15Br2NO2S/c1-2-3-4-14(5-6-15)11(16)8-7-9(12)17-10(8)13/h7,15H,2-6H2,1H3. The summed E-state index contributed by atoms with van der Waals surface area (Å²) in [6.07, 6.45) is 1.98. The van der Waals surface area contributed by atoms with Crippen LogP contribution < -0.4 is 0 Å². The number of halogens is 2. The van der Waals surface area contributed by atoms with Crippen molar-refractivity contribution in [3.63, 3.8) is 0 Å². The summed E-state index contributed by atoms with van der Waals surface area (Å²) < 4.78 is 1.75. The van der Waals surface area contributed by atoms with Crippen LogP contribution in [0, 0.1) is 0 Å². The predicted molar refractivity (Wildman–Crippen MR) is 77.6 cm³/mol. The Balaban J connectivity index is 2.79. The van der Waals surface area contributed by atoms with E-state index in [-0.39, 0.29) is 12.5 Å². The second kappa shape index (κ2) is 7.51. The number of aliphatic hydroxyl groups is 1. The fourth-order valence-electron chi connectivity index (χ4n) is 1.44. The molecule has 1 amide bonds. The minimum atomic E-state index is -0.0266. The van der Waals surface area contributed by atoms with Crippen LogP contribution in [0.1, 0.15) is 30.1 Å². The van der Waals surface area contributed by atoms with Gasteiger partial charge in [-0.25, -0.2) is 0 Å². The lowest BCUT2D eigenvalue weighted by Gasteiger charge is -2.21. The Morgan fingerprint density at radius 1 is 1.47 bits per heavy atom. The number of hydrogen-bond acceptors (Lipinski definition) is 3. The average Bonchev–Trinajstić information content (AvgIpc) is 2.63. The highest BCUT2D eigenvalue weighted by atomic mass is 79.9. The van der Waals surface area contributed by atoms with E-state index in [1.54, 1.807) is 4.90 Å². The number of hydrogen-bond donors (Lipinski definition) is 1. The second-order valence-electron chi connectivity index (χ2n) is 3.61. The molecule has 1 N–H and O–H groups in total. The Morgan fingerprint density at radius 2 is 2.18 bits per heavy atom. The average molecular weight is 385 g/mol. The van der Waals surface area contributed by atoms with Crippen molar-refractivity contribution in [3.8, 4) is 0 Å². The molecule has 0 aliphatic carbocycles. The first-order chi connectivity index (χ1) is 8.10. The van der Waals surface area contributed by atoms with Crippen LogP contribution in [-0.4, -0.2) is 35.6 Å².